The second-order valence-electron chi connectivity index (χ2n) is 4.30. The molecule has 3 heterocycles. The number of aryl methyl sites for hydroxylation is 1. The van der Waals surface area contributed by atoms with E-state index in [1.54, 1.807) is 0 Å². The summed E-state index contributed by atoms with van der Waals surface area (Å²) in [5.41, 5.74) is 3.66. The van der Waals surface area contributed by atoms with Crippen LogP contribution in [-0.4, -0.2) is 21.3 Å². The van der Waals surface area contributed by atoms with Gasteiger partial charge in [0.05, 0.1) is 11.9 Å². The third-order valence-electron chi connectivity index (χ3n) is 3.26. The van der Waals surface area contributed by atoms with Gasteiger partial charge in [-0.3, -0.25) is 4.68 Å². The van der Waals surface area contributed by atoms with Crippen molar-refractivity contribution in [3.05, 3.63) is 30.2 Å². The van der Waals surface area contributed by atoms with Gasteiger partial charge in [-0.15, -0.1) is 0 Å². The zero-order chi connectivity index (χ0) is 11.0. The lowest BCUT2D eigenvalue weighted by molar-refractivity contribution is 0.575. The maximum atomic E-state index is 4.37. The molecule has 84 valence electrons. The molecule has 0 aliphatic carbocycles. The van der Waals surface area contributed by atoms with Gasteiger partial charge in [0.15, 0.2) is 0 Å². The van der Waals surface area contributed by atoms with E-state index in [0.717, 1.165) is 12.2 Å². The molecule has 0 saturated carbocycles. The van der Waals surface area contributed by atoms with Crippen LogP contribution in [0.2, 0.25) is 0 Å². The summed E-state index contributed by atoms with van der Waals surface area (Å²) >= 11 is 0. The van der Waals surface area contributed by atoms with E-state index >= 15 is 0 Å². The highest BCUT2D eigenvalue weighted by molar-refractivity contribution is 5.62. The van der Waals surface area contributed by atoms with Crippen LogP contribution < -0.4 is 5.32 Å². The number of H-pyrrole nitrogens is 1. The summed E-state index contributed by atoms with van der Waals surface area (Å²) in [6.07, 6.45) is 6.35. The summed E-state index contributed by atoms with van der Waals surface area (Å²) in [5, 5.41) is 7.90. The van der Waals surface area contributed by atoms with Crippen molar-refractivity contribution in [1.29, 1.82) is 0 Å². The molecule has 16 heavy (non-hydrogen) atoms. The maximum absolute atomic E-state index is 4.37. The highest BCUT2D eigenvalue weighted by Gasteiger charge is 2.23. The van der Waals surface area contributed by atoms with E-state index in [0.29, 0.717) is 6.04 Å². The fourth-order valence-electron chi connectivity index (χ4n) is 2.48. The Balaban J connectivity index is 2.05. The first kappa shape index (κ1) is 9.66. The van der Waals surface area contributed by atoms with Crippen molar-refractivity contribution in [3.8, 4) is 11.3 Å². The van der Waals surface area contributed by atoms with Crippen LogP contribution in [0.1, 0.15) is 24.6 Å². The van der Waals surface area contributed by atoms with Crippen molar-refractivity contribution in [3.63, 3.8) is 0 Å². The van der Waals surface area contributed by atoms with Gasteiger partial charge in [0, 0.05) is 30.5 Å². The Morgan fingerprint density at radius 2 is 2.44 bits per heavy atom. The van der Waals surface area contributed by atoms with Gasteiger partial charge in [0.2, 0.25) is 0 Å². The van der Waals surface area contributed by atoms with E-state index < -0.39 is 0 Å². The molecule has 0 bridgehead atoms. The molecule has 0 amide bonds. The Kier molecular flexibility index (Phi) is 2.29. The van der Waals surface area contributed by atoms with Crippen LogP contribution in [0.3, 0.4) is 0 Å². The first-order chi connectivity index (χ1) is 7.86. The Bertz CT molecular complexity index is 463. The number of nitrogens with one attached hydrogen (secondary N) is 2. The average Bonchev–Trinajstić information content (AvgIpc) is 2.96. The lowest BCUT2D eigenvalue weighted by Crippen LogP contribution is -2.17. The van der Waals surface area contributed by atoms with Gasteiger partial charge in [-0.25, -0.2) is 0 Å². The summed E-state index contributed by atoms with van der Waals surface area (Å²) < 4.78 is 1.99. The van der Waals surface area contributed by atoms with Crippen LogP contribution in [0.5, 0.6) is 0 Å². The molecule has 4 heteroatoms. The first-order valence-corrected chi connectivity index (χ1v) is 5.75. The maximum Gasteiger partial charge on any atom is 0.0643 e. The summed E-state index contributed by atoms with van der Waals surface area (Å²) in [7, 11) is 2.02. The summed E-state index contributed by atoms with van der Waals surface area (Å²) in [5.74, 6) is 0. The molecule has 0 spiro atoms. The molecule has 1 atom stereocenters. The Hall–Kier alpha value is -1.55. The van der Waals surface area contributed by atoms with Crippen LogP contribution in [0.25, 0.3) is 11.3 Å². The normalized spacial score (nSPS) is 20.4. The topological polar surface area (TPSA) is 45.6 Å². The number of hydrogen-bond donors (Lipinski definition) is 2. The average molecular weight is 216 g/mol. The van der Waals surface area contributed by atoms with E-state index in [-0.39, 0.29) is 0 Å². The lowest BCUT2D eigenvalue weighted by atomic mass is 10.1. The third-order valence-corrected chi connectivity index (χ3v) is 3.26. The van der Waals surface area contributed by atoms with Crippen LogP contribution in [0.4, 0.5) is 0 Å². The molecule has 1 saturated heterocycles. The lowest BCUT2D eigenvalue weighted by Gasteiger charge is -2.13. The quantitative estimate of drug-likeness (QED) is 0.804. The minimum absolute atomic E-state index is 0.450. The van der Waals surface area contributed by atoms with Gasteiger partial charge >= 0.3 is 0 Å². The largest absolute Gasteiger partial charge is 0.361 e. The highest BCUT2D eigenvalue weighted by Crippen LogP contribution is 2.31. The molecule has 1 aliphatic rings. The molecule has 2 aromatic heterocycles. The van der Waals surface area contributed by atoms with Gasteiger partial charge in [-0.2, -0.15) is 5.10 Å². The minimum Gasteiger partial charge on any atom is -0.361 e. The van der Waals surface area contributed by atoms with Gasteiger partial charge in [-0.05, 0) is 31.5 Å². The third kappa shape index (κ3) is 1.46. The van der Waals surface area contributed by atoms with Crippen molar-refractivity contribution in [1.82, 2.24) is 20.1 Å². The number of rotatable bonds is 2. The van der Waals surface area contributed by atoms with Crippen LogP contribution >= 0.6 is 0 Å². The minimum atomic E-state index is 0.450. The van der Waals surface area contributed by atoms with Crippen molar-refractivity contribution < 1.29 is 0 Å². The van der Waals surface area contributed by atoms with Gasteiger partial charge in [0.1, 0.15) is 0 Å². The van der Waals surface area contributed by atoms with Crippen LogP contribution in [-0.2, 0) is 7.05 Å². The van der Waals surface area contributed by atoms with Crippen LogP contribution in [0.15, 0.2) is 24.5 Å². The second-order valence-corrected chi connectivity index (χ2v) is 4.30. The van der Waals surface area contributed by atoms with E-state index in [1.807, 2.05) is 30.2 Å². The molecule has 4 nitrogen and oxygen atoms in total. The predicted octanol–water partition coefficient (Wildman–Crippen LogP) is 1.84. The Morgan fingerprint density at radius 1 is 1.50 bits per heavy atom. The zero-order valence-corrected chi connectivity index (χ0v) is 9.40. The van der Waals surface area contributed by atoms with E-state index in [2.05, 4.69) is 21.5 Å². The fraction of sp³-hybridized carbons (Fsp3) is 0.417. The number of aromatic nitrogens is 3. The van der Waals surface area contributed by atoms with Crippen molar-refractivity contribution >= 4 is 0 Å². The van der Waals surface area contributed by atoms with Crippen LogP contribution in [0, 0.1) is 0 Å². The van der Waals surface area contributed by atoms with Crippen molar-refractivity contribution in [2.45, 2.75) is 18.9 Å². The number of aromatic amines is 1. The molecule has 3 rings (SSSR count). The molecule has 2 aromatic rings. The summed E-state index contributed by atoms with van der Waals surface area (Å²) in [6, 6.07) is 4.56. The second kappa shape index (κ2) is 3.79. The zero-order valence-electron chi connectivity index (χ0n) is 9.40. The molecule has 0 radical (unpaired) electrons. The predicted molar refractivity (Wildman–Crippen MR) is 63.0 cm³/mol. The molecule has 1 unspecified atom stereocenters. The van der Waals surface area contributed by atoms with Gasteiger partial charge < -0.3 is 10.3 Å². The van der Waals surface area contributed by atoms with Gasteiger partial charge in [-0.1, -0.05) is 0 Å². The standard InChI is InChI=1S/C12H16N4/c1-16-12(11-5-3-7-14-11)9(8-15-16)10-4-2-6-13-10/h2,4,6,8,11,13-14H,3,5,7H2,1H3. The fourth-order valence-corrected chi connectivity index (χ4v) is 2.48. The summed E-state index contributed by atoms with van der Waals surface area (Å²) in [4.78, 5) is 3.25. The molecular formula is C12H16N4. The van der Waals surface area contributed by atoms with Crippen molar-refractivity contribution in [2.75, 3.05) is 6.54 Å². The molecule has 0 aromatic carbocycles. The monoisotopic (exact) mass is 216 g/mol. The van der Waals surface area contributed by atoms with E-state index in [1.165, 1.54) is 24.1 Å². The van der Waals surface area contributed by atoms with E-state index in [9.17, 15) is 0 Å². The summed E-state index contributed by atoms with van der Waals surface area (Å²) in [6.45, 7) is 1.11. The molecule has 2 N–H and O–H groups in total. The first-order valence-electron chi connectivity index (χ1n) is 5.75. The van der Waals surface area contributed by atoms with E-state index in [4.69, 9.17) is 0 Å². The van der Waals surface area contributed by atoms with Crippen molar-refractivity contribution in [2.24, 2.45) is 7.05 Å². The SMILES string of the molecule is Cn1ncc(-c2ccc[nH]2)c1C1CCCN1. The Morgan fingerprint density at radius 3 is 3.12 bits per heavy atom. The smallest absolute Gasteiger partial charge is 0.0643 e. The van der Waals surface area contributed by atoms with Gasteiger partial charge in [0.25, 0.3) is 0 Å². The Labute approximate surface area is 94.7 Å². The number of hydrogen-bond acceptors (Lipinski definition) is 2. The number of nitrogens with zero attached hydrogens (tertiary/aromatic N) is 2. The molecule has 1 aliphatic heterocycles. The highest BCUT2D eigenvalue weighted by atomic mass is 15.3. The molecular weight excluding hydrogens is 200 g/mol. The molecule has 1 fully saturated rings.